The number of carbonyl (C=O) groups is 2. The number of esters is 1. The molecule has 0 heterocycles. The first-order valence-corrected chi connectivity index (χ1v) is 10.8. The first kappa shape index (κ1) is 22.7. The molecule has 0 saturated carbocycles. The minimum Gasteiger partial charge on any atom is -0.463 e. The van der Waals surface area contributed by atoms with Crippen molar-refractivity contribution in [3.63, 3.8) is 0 Å². The topological polar surface area (TPSA) is 92.8 Å². The Hall–Kier alpha value is -2.58. The van der Waals surface area contributed by atoms with Crippen LogP contribution < -0.4 is 9.62 Å². The number of sulfonamides is 1. The highest BCUT2D eigenvalue weighted by Gasteiger charge is 2.25. The van der Waals surface area contributed by atoms with E-state index in [4.69, 9.17) is 16.3 Å². The van der Waals surface area contributed by atoms with Crippen LogP contribution in [0.3, 0.4) is 0 Å². The Bertz CT molecular complexity index is 978. The van der Waals surface area contributed by atoms with Gasteiger partial charge in [0, 0.05) is 19.2 Å². The molecule has 0 unspecified atom stereocenters. The molecule has 0 aliphatic heterocycles. The fourth-order valence-corrected chi connectivity index (χ4v) is 4.16. The predicted octanol–water partition coefficient (Wildman–Crippen LogP) is 3.24. The van der Waals surface area contributed by atoms with E-state index >= 15 is 0 Å². The second-order valence-corrected chi connectivity index (χ2v) is 8.84. The molecule has 0 aromatic heterocycles. The van der Waals surface area contributed by atoms with E-state index in [-0.39, 0.29) is 34.6 Å². The van der Waals surface area contributed by atoms with Crippen LogP contribution in [0.25, 0.3) is 0 Å². The fraction of sp³-hybridized carbons (Fsp3) is 0.300. The van der Waals surface area contributed by atoms with Gasteiger partial charge in [0.2, 0.25) is 0 Å². The maximum atomic E-state index is 13.0. The molecule has 0 bridgehead atoms. The van der Waals surface area contributed by atoms with Gasteiger partial charge in [-0.2, -0.15) is 0 Å². The van der Waals surface area contributed by atoms with Crippen molar-refractivity contribution in [3.05, 3.63) is 59.1 Å². The predicted molar refractivity (Wildman–Crippen MR) is 112 cm³/mol. The molecule has 7 nitrogen and oxygen atoms in total. The molecule has 2 aromatic carbocycles. The van der Waals surface area contributed by atoms with Gasteiger partial charge in [-0.3, -0.25) is 13.9 Å². The van der Waals surface area contributed by atoms with Crippen LogP contribution in [0.4, 0.5) is 5.69 Å². The highest BCUT2D eigenvalue weighted by molar-refractivity contribution is 7.93. The number of halogens is 1. The summed E-state index contributed by atoms with van der Waals surface area (Å²) >= 11 is 6.11. The smallest absolute Gasteiger partial charge is 0.307 e. The minimum absolute atomic E-state index is 0.00448. The Kier molecular flexibility index (Phi) is 7.64. The van der Waals surface area contributed by atoms with Crippen LogP contribution in [-0.4, -0.2) is 40.0 Å². The third-order valence-electron chi connectivity index (χ3n) is 3.93. The zero-order valence-electron chi connectivity index (χ0n) is 16.4. The van der Waals surface area contributed by atoms with E-state index in [0.29, 0.717) is 5.69 Å². The van der Waals surface area contributed by atoms with E-state index in [0.717, 1.165) is 4.31 Å². The lowest BCUT2D eigenvalue weighted by molar-refractivity contribution is -0.147. The molecule has 0 spiro atoms. The summed E-state index contributed by atoms with van der Waals surface area (Å²) in [5.74, 6) is -0.943. The van der Waals surface area contributed by atoms with Gasteiger partial charge in [-0.15, -0.1) is 0 Å². The van der Waals surface area contributed by atoms with E-state index < -0.39 is 21.9 Å². The summed E-state index contributed by atoms with van der Waals surface area (Å²) in [5.41, 5.74) is 0.578. The molecule has 156 valence electrons. The second kappa shape index (κ2) is 9.76. The van der Waals surface area contributed by atoms with E-state index in [2.05, 4.69) is 5.32 Å². The van der Waals surface area contributed by atoms with Crippen LogP contribution in [0, 0.1) is 0 Å². The lowest BCUT2D eigenvalue weighted by Gasteiger charge is -2.20. The van der Waals surface area contributed by atoms with Gasteiger partial charge in [-0.05, 0) is 44.2 Å². The van der Waals surface area contributed by atoms with E-state index in [1.165, 1.54) is 25.2 Å². The van der Waals surface area contributed by atoms with Crippen molar-refractivity contribution < 1.29 is 22.7 Å². The highest BCUT2D eigenvalue weighted by Crippen LogP contribution is 2.28. The number of carbonyl (C=O) groups excluding carboxylic acids is 2. The highest BCUT2D eigenvalue weighted by atomic mass is 35.5. The third kappa shape index (κ3) is 5.95. The van der Waals surface area contributed by atoms with E-state index in [9.17, 15) is 18.0 Å². The Balaban J connectivity index is 2.16. The Morgan fingerprint density at radius 3 is 2.41 bits per heavy atom. The third-order valence-corrected chi connectivity index (χ3v) is 6.20. The van der Waals surface area contributed by atoms with Crippen molar-refractivity contribution >= 4 is 39.2 Å². The van der Waals surface area contributed by atoms with Gasteiger partial charge in [0.25, 0.3) is 15.9 Å². The number of hydrogen-bond acceptors (Lipinski definition) is 5. The second-order valence-electron chi connectivity index (χ2n) is 6.50. The van der Waals surface area contributed by atoms with Gasteiger partial charge in [0.05, 0.1) is 23.2 Å². The van der Waals surface area contributed by atoms with Crippen LogP contribution in [0.2, 0.25) is 5.02 Å². The summed E-state index contributed by atoms with van der Waals surface area (Å²) in [7, 11) is -2.57. The molecule has 9 heteroatoms. The summed E-state index contributed by atoms with van der Waals surface area (Å²) in [6, 6.07) is 12.5. The van der Waals surface area contributed by atoms with Crippen LogP contribution in [-0.2, 0) is 19.6 Å². The molecule has 2 aromatic rings. The summed E-state index contributed by atoms with van der Waals surface area (Å²) in [6.45, 7) is 3.54. The van der Waals surface area contributed by atoms with Gasteiger partial charge in [-0.1, -0.05) is 29.8 Å². The van der Waals surface area contributed by atoms with Crippen molar-refractivity contribution in [2.45, 2.75) is 31.3 Å². The zero-order valence-corrected chi connectivity index (χ0v) is 18.0. The molecule has 0 aliphatic carbocycles. The van der Waals surface area contributed by atoms with Crippen molar-refractivity contribution in [2.24, 2.45) is 0 Å². The van der Waals surface area contributed by atoms with Gasteiger partial charge in [0.15, 0.2) is 0 Å². The Morgan fingerprint density at radius 1 is 1.14 bits per heavy atom. The maximum Gasteiger partial charge on any atom is 0.307 e. The lowest BCUT2D eigenvalue weighted by Crippen LogP contribution is -2.29. The van der Waals surface area contributed by atoms with E-state index in [1.54, 1.807) is 44.2 Å². The van der Waals surface area contributed by atoms with Crippen LogP contribution >= 0.6 is 11.6 Å². The molecular formula is C20H23ClN2O5S. The van der Waals surface area contributed by atoms with Gasteiger partial charge in [0.1, 0.15) is 4.90 Å². The summed E-state index contributed by atoms with van der Waals surface area (Å²) < 4.78 is 32.1. The van der Waals surface area contributed by atoms with Crippen LogP contribution in [0.5, 0.6) is 0 Å². The first-order chi connectivity index (χ1) is 13.6. The number of para-hydroxylation sites is 1. The lowest BCUT2D eigenvalue weighted by atomic mass is 10.2. The monoisotopic (exact) mass is 438 g/mol. The number of benzene rings is 2. The molecule has 29 heavy (non-hydrogen) atoms. The molecule has 0 aliphatic rings. The van der Waals surface area contributed by atoms with Crippen molar-refractivity contribution in [3.8, 4) is 0 Å². The molecule has 0 atom stereocenters. The van der Waals surface area contributed by atoms with Crippen molar-refractivity contribution in [1.29, 1.82) is 0 Å². The Labute approximate surface area is 175 Å². The van der Waals surface area contributed by atoms with Gasteiger partial charge >= 0.3 is 5.97 Å². The number of nitrogens with zero attached hydrogens (tertiary/aromatic N) is 1. The standard InChI is InChI=1S/C20H23ClN2O5S/c1-14(2)28-19(24)11-12-22-20(25)15-9-10-17(21)18(13-15)29(26,27)23(3)16-7-5-4-6-8-16/h4-10,13-14H,11-12H2,1-3H3,(H,22,25). The number of nitrogens with one attached hydrogen (secondary N) is 1. The SMILES string of the molecule is CC(C)OC(=O)CCNC(=O)c1ccc(Cl)c(S(=O)(=O)N(C)c2ccccc2)c1. The number of rotatable bonds is 8. The van der Waals surface area contributed by atoms with Crippen LogP contribution in [0.15, 0.2) is 53.4 Å². The van der Waals surface area contributed by atoms with Crippen LogP contribution in [0.1, 0.15) is 30.6 Å². The molecular weight excluding hydrogens is 416 g/mol. The average molecular weight is 439 g/mol. The quantitative estimate of drug-likeness (QED) is 0.638. The maximum absolute atomic E-state index is 13.0. The zero-order chi connectivity index (χ0) is 21.6. The number of hydrogen-bond donors (Lipinski definition) is 1. The van der Waals surface area contributed by atoms with Gasteiger partial charge < -0.3 is 10.1 Å². The number of ether oxygens (including phenoxy) is 1. The normalized spacial score (nSPS) is 11.2. The first-order valence-electron chi connectivity index (χ1n) is 8.94. The molecule has 1 amide bonds. The summed E-state index contributed by atoms with van der Waals surface area (Å²) in [6.07, 6.45) is -0.219. The summed E-state index contributed by atoms with van der Waals surface area (Å²) in [4.78, 5) is 23.7. The van der Waals surface area contributed by atoms with E-state index in [1.807, 2.05) is 0 Å². The van der Waals surface area contributed by atoms with Crippen molar-refractivity contribution in [1.82, 2.24) is 5.32 Å². The molecule has 1 N–H and O–H groups in total. The summed E-state index contributed by atoms with van der Waals surface area (Å²) in [5, 5.41) is 2.58. The van der Waals surface area contributed by atoms with Crippen molar-refractivity contribution in [2.75, 3.05) is 17.9 Å². The minimum atomic E-state index is -3.98. The molecule has 2 rings (SSSR count). The molecule has 0 saturated heterocycles. The molecule has 0 fully saturated rings. The van der Waals surface area contributed by atoms with Gasteiger partial charge in [-0.25, -0.2) is 8.42 Å². The molecule has 0 radical (unpaired) electrons. The average Bonchev–Trinajstić information content (AvgIpc) is 2.67. The Morgan fingerprint density at radius 2 is 1.79 bits per heavy atom. The number of anilines is 1. The fourth-order valence-electron chi connectivity index (χ4n) is 2.47. The number of amides is 1. The largest absolute Gasteiger partial charge is 0.463 e.